The monoisotopic (exact) mass is 297 g/mol. The molecule has 2 rings (SSSR count). The summed E-state index contributed by atoms with van der Waals surface area (Å²) >= 11 is 0. The predicted molar refractivity (Wildman–Crippen MR) is 70.3 cm³/mol. The molecule has 0 fully saturated rings. The molecule has 1 aromatic heterocycles. The molecule has 1 unspecified atom stereocenters. The van der Waals surface area contributed by atoms with Crippen LogP contribution in [0.1, 0.15) is 22.7 Å². The van der Waals surface area contributed by atoms with Crippen LogP contribution >= 0.6 is 0 Å². The Morgan fingerprint density at radius 1 is 1.43 bits per heavy atom. The number of Topliss-reactive ketones (excluding diaryl/α,β-unsaturated/α-hetero) is 1. The topological polar surface area (TPSA) is 60.9 Å². The average Bonchev–Trinajstić information content (AvgIpc) is 2.84. The summed E-state index contributed by atoms with van der Waals surface area (Å²) in [5.74, 6) is -0.359. The highest BCUT2D eigenvalue weighted by molar-refractivity contribution is 5.86. The van der Waals surface area contributed by atoms with Crippen LogP contribution in [0.15, 0.2) is 36.7 Å². The number of hydrogen-bond acceptors (Lipinski definition) is 3. The minimum absolute atomic E-state index is 0.153. The molecule has 1 heterocycles. The van der Waals surface area contributed by atoms with E-state index < -0.39 is 17.8 Å². The average molecular weight is 297 g/mol. The molecular weight excluding hydrogens is 283 g/mol. The summed E-state index contributed by atoms with van der Waals surface area (Å²) < 4.78 is 39.3. The van der Waals surface area contributed by atoms with Crippen molar-refractivity contribution in [2.45, 2.75) is 18.6 Å². The van der Waals surface area contributed by atoms with Gasteiger partial charge in [0.15, 0.2) is 5.78 Å². The Morgan fingerprint density at radius 2 is 2.14 bits per heavy atom. The van der Waals surface area contributed by atoms with Gasteiger partial charge in [0.05, 0.1) is 17.8 Å². The number of rotatable bonds is 4. The summed E-state index contributed by atoms with van der Waals surface area (Å²) in [6.07, 6.45) is -1.51. The van der Waals surface area contributed by atoms with E-state index in [1.807, 2.05) is 0 Å². The molecule has 0 bridgehead atoms. The SMILES string of the molecule is Cn1cc(C(N)C(=O)Cc2cccc(C(F)(F)F)c2)cn1. The third-order valence-corrected chi connectivity index (χ3v) is 3.06. The summed E-state index contributed by atoms with van der Waals surface area (Å²) in [5.41, 5.74) is 5.85. The molecule has 1 aromatic carbocycles. The molecule has 2 N–H and O–H groups in total. The van der Waals surface area contributed by atoms with Crippen LogP contribution in [0.3, 0.4) is 0 Å². The molecule has 2 aromatic rings. The van der Waals surface area contributed by atoms with Gasteiger partial charge in [-0.2, -0.15) is 18.3 Å². The van der Waals surface area contributed by atoms with Crippen molar-refractivity contribution in [3.63, 3.8) is 0 Å². The van der Waals surface area contributed by atoms with E-state index in [0.717, 1.165) is 12.1 Å². The molecule has 0 aliphatic carbocycles. The first-order valence-electron chi connectivity index (χ1n) is 6.20. The maximum Gasteiger partial charge on any atom is 0.416 e. The number of nitrogens with zero attached hydrogens (tertiary/aromatic N) is 2. The summed E-state index contributed by atoms with van der Waals surface area (Å²) in [7, 11) is 1.69. The second-order valence-electron chi connectivity index (χ2n) is 4.77. The van der Waals surface area contributed by atoms with E-state index in [9.17, 15) is 18.0 Å². The van der Waals surface area contributed by atoms with Crippen molar-refractivity contribution in [3.05, 3.63) is 53.3 Å². The van der Waals surface area contributed by atoms with Crippen molar-refractivity contribution in [1.82, 2.24) is 9.78 Å². The molecule has 0 saturated carbocycles. The van der Waals surface area contributed by atoms with Crippen LogP contribution in [0.2, 0.25) is 0 Å². The van der Waals surface area contributed by atoms with E-state index in [-0.39, 0.29) is 17.8 Å². The van der Waals surface area contributed by atoms with E-state index >= 15 is 0 Å². The molecular formula is C14H14F3N3O. The third kappa shape index (κ3) is 3.69. The number of alkyl halides is 3. The van der Waals surface area contributed by atoms with Gasteiger partial charge >= 0.3 is 6.18 Å². The second kappa shape index (κ2) is 5.69. The van der Waals surface area contributed by atoms with Crippen molar-refractivity contribution in [1.29, 1.82) is 0 Å². The van der Waals surface area contributed by atoms with Gasteiger partial charge in [0.2, 0.25) is 0 Å². The van der Waals surface area contributed by atoms with Gasteiger partial charge in [-0.15, -0.1) is 0 Å². The summed E-state index contributed by atoms with van der Waals surface area (Å²) in [4.78, 5) is 12.0. The van der Waals surface area contributed by atoms with Gasteiger partial charge in [-0.1, -0.05) is 18.2 Å². The largest absolute Gasteiger partial charge is 0.416 e. The third-order valence-electron chi connectivity index (χ3n) is 3.06. The Hall–Kier alpha value is -2.15. The standard InChI is InChI=1S/C14H14F3N3O/c1-20-8-10(7-19-20)13(18)12(21)6-9-3-2-4-11(5-9)14(15,16)17/h2-5,7-8,13H,6,18H2,1H3. The fourth-order valence-electron chi connectivity index (χ4n) is 1.96. The minimum atomic E-state index is -4.43. The fraction of sp³-hybridized carbons (Fsp3) is 0.286. The lowest BCUT2D eigenvalue weighted by Crippen LogP contribution is -2.23. The summed E-state index contributed by atoms with van der Waals surface area (Å²) in [6.45, 7) is 0. The zero-order valence-corrected chi connectivity index (χ0v) is 11.3. The van der Waals surface area contributed by atoms with Gasteiger partial charge in [-0.05, 0) is 11.6 Å². The fourth-order valence-corrected chi connectivity index (χ4v) is 1.96. The molecule has 0 aliphatic heterocycles. The first kappa shape index (κ1) is 15.2. The quantitative estimate of drug-likeness (QED) is 0.941. The van der Waals surface area contributed by atoms with Crippen LogP contribution < -0.4 is 5.73 Å². The number of halogens is 3. The molecule has 4 nitrogen and oxygen atoms in total. The Kier molecular flexibility index (Phi) is 4.13. The van der Waals surface area contributed by atoms with E-state index in [0.29, 0.717) is 5.56 Å². The normalized spacial score (nSPS) is 13.2. The van der Waals surface area contributed by atoms with Gasteiger partial charge in [-0.25, -0.2) is 0 Å². The number of carbonyl (C=O) groups excluding carboxylic acids is 1. The van der Waals surface area contributed by atoms with Gasteiger partial charge in [0.1, 0.15) is 0 Å². The van der Waals surface area contributed by atoms with Crippen LogP contribution in [-0.4, -0.2) is 15.6 Å². The Morgan fingerprint density at radius 3 is 2.71 bits per heavy atom. The number of aromatic nitrogens is 2. The molecule has 0 radical (unpaired) electrons. The number of carbonyl (C=O) groups is 1. The highest BCUT2D eigenvalue weighted by atomic mass is 19.4. The molecule has 21 heavy (non-hydrogen) atoms. The Bertz CT molecular complexity index is 649. The van der Waals surface area contributed by atoms with Crippen LogP contribution in [-0.2, 0) is 24.4 Å². The lowest BCUT2D eigenvalue weighted by molar-refractivity contribution is -0.137. The molecule has 0 amide bonds. The highest BCUT2D eigenvalue weighted by Crippen LogP contribution is 2.29. The predicted octanol–water partition coefficient (Wildman–Crippen LogP) is 2.25. The maximum absolute atomic E-state index is 12.6. The smallest absolute Gasteiger partial charge is 0.318 e. The zero-order chi connectivity index (χ0) is 15.6. The van der Waals surface area contributed by atoms with Crippen LogP contribution in [0.25, 0.3) is 0 Å². The zero-order valence-electron chi connectivity index (χ0n) is 11.3. The number of nitrogens with two attached hydrogens (primary N) is 1. The van der Waals surface area contributed by atoms with E-state index in [4.69, 9.17) is 5.73 Å². The van der Waals surface area contributed by atoms with Crippen molar-refractivity contribution < 1.29 is 18.0 Å². The number of aryl methyl sites for hydroxylation is 1. The van der Waals surface area contributed by atoms with Crippen molar-refractivity contribution >= 4 is 5.78 Å². The van der Waals surface area contributed by atoms with Crippen LogP contribution in [0.4, 0.5) is 13.2 Å². The molecule has 0 saturated heterocycles. The number of benzene rings is 1. The van der Waals surface area contributed by atoms with Crippen molar-refractivity contribution in [2.75, 3.05) is 0 Å². The number of ketones is 1. The van der Waals surface area contributed by atoms with Crippen molar-refractivity contribution in [3.8, 4) is 0 Å². The highest BCUT2D eigenvalue weighted by Gasteiger charge is 2.30. The first-order valence-corrected chi connectivity index (χ1v) is 6.20. The molecule has 112 valence electrons. The Balaban J connectivity index is 2.13. The summed E-state index contributed by atoms with van der Waals surface area (Å²) in [5, 5.41) is 3.91. The maximum atomic E-state index is 12.6. The molecule has 0 aliphatic rings. The van der Waals surface area contributed by atoms with E-state index in [1.165, 1.54) is 23.0 Å². The Labute approximate surface area is 119 Å². The van der Waals surface area contributed by atoms with Gasteiger partial charge in [-0.3, -0.25) is 9.48 Å². The van der Waals surface area contributed by atoms with Crippen LogP contribution in [0.5, 0.6) is 0 Å². The van der Waals surface area contributed by atoms with Gasteiger partial charge in [0.25, 0.3) is 0 Å². The van der Waals surface area contributed by atoms with Gasteiger partial charge in [0, 0.05) is 25.2 Å². The second-order valence-corrected chi connectivity index (χ2v) is 4.77. The lowest BCUT2D eigenvalue weighted by Gasteiger charge is -2.11. The first-order chi connectivity index (χ1) is 9.77. The minimum Gasteiger partial charge on any atom is -0.318 e. The molecule has 0 spiro atoms. The number of hydrogen-bond donors (Lipinski definition) is 1. The summed E-state index contributed by atoms with van der Waals surface area (Å²) in [6, 6.07) is 3.79. The lowest BCUT2D eigenvalue weighted by atomic mass is 9.99. The molecule has 7 heteroatoms. The molecule has 1 atom stereocenters. The van der Waals surface area contributed by atoms with Gasteiger partial charge < -0.3 is 5.73 Å². The van der Waals surface area contributed by atoms with Crippen molar-refractivity contribution in [2.24, 2.45) is 12.8 Å². The van der Waals surface area contributed by atoms with E-state index in [2.05, 4.69) is 5.10 Å². The van der Waals surface area contributed by atoms with E-state index in [1.54, 1.807) is 13.2 Å². The van der Waals surface area contributed by atoms with Crippen LogP contribution in [0, 0.1) is 0 Å².